The van der Waals surface area contributed by atoms with Crippen LogP contribution >= 0.6 is 0 Å². The van der Waals surface area contributed by atoms with Gasteiger partial charge in [-0.3, -0.25) is 0 Å². The molecule has 0 heterocycles. The number of hydrogen-bond acceptors (Lipinski definition) is 4. The molecule has 2 aromatic carbocycles. The van der Waals surface area contributed by atoms with Crippen LogP contribution in [0.25, 0.3) is 6.08 Å². The van der Waals surface area contributed by atoms with Crippen molar-refractivity contribution in [2.75, 3.05) is 6.54 Å². The molecule has 0 unspecified atom stereocenters. The fourth-order valence-electron chi connectivity index (χ4n) is 2.89. The summed E-state index contributed by atoms with van der Waals surface area (Å²) in [5.41, 5.74) is 2.92. The second kappa shape index (κ2) is 7.32. The van der Waals surface area contributed by atoms with Gasteiger partial charge in [0.15, 0.2) is 0 Å². The summed E-state index contributed by atoms with van der Waals surface area (Å²) in [6.07, 6.45) is 3.36. The van der Waals surface area contributed by atoms with Crippen molar-refractivity contribution in [2.45, 2.75) is 24.2 Å². The molecule has 0 saturated heterocycles. The fourth-order valence-corrected chi connectivity index (χ4v) is 4.61. The Morgan fingerprint density at radius 2 is 1.62 bits per heavy atom. The van der Waals surface area contributed by atoms with Gasteiger partial charge < -0.3 is 0 Å². The maximum atomic E-state index is 12.5. The van der Waals surface area contributed by atoms with Crippen molar-refractivity contribution < 1.29 is 16.8 Å². The topological polar surface area (TPSA) is 106 Å². The van der Waals surface area contributed by atoms with E-state index in [9.17, 15) is 16.8 Å². The fraction of sp³-hybridized carbons (Fsp3) is 0.222. The first-order valence-corrected chi connectivity index (χ1v) is 11.2. The highest BCUT2D eigenvalue weighted by atomic mass is 32.2. The highest BCUT2D eigenvalue weighted by Gasteiger charge is 2.21. The van der Waals surface area contributed by atoms with E-state index in [0.717, 1.165) is 16.7 Å². The third-order valence-corrected chi connectivity index (χ3v) is 6.84. The van der Waals surface area contributed by atoms with Crippen LogP contribution in [0.5, 0.6) is 0 Å². The minimum atomic E-state index is -3.72. The van der Waals surface area contributed by atoms with Gasteiger partial charge in [0.25, 0.3) is 0 Å². The predicted molar refractivity (Wildman–Crippen MR) is 101 cm³/mol. The van der Waals surface area contributed by atoms with E-state index in [2.05, 4.69) is 4.72 Å². The molecule has 2 aromatic rings. The summed E-state index contributed by atoms with van der Waals surface area (Å²) in [5.74, 6) is 0. The summed E-state index contributed by atoms with van der Waals surface area (Å²) in [6, 6.07) is 13.9. The third kappa shape index (κ3) is 4.39. The zero-order chi connectivity index (χ0) is 18.8. The molecule has 0 bridgehead atoms. The standard InChI is InChI=1S/C18H20N2O4S2/c19-25(21,22)17-8-5-14(6-9-17)11-12-20-26(23,24)18-10-7-15-3-1-2-4-16(15)13-18/h1-6,8-9,13,20H,7,10-12H2,(H2,19,21,22). The minimum absolute atomic E-state index is 0.0351. The van der Waals surface area contributed by atoms with Crippen LogP contribution in [0.1, 0.15) is 23.1 Å². The lowest BCUT2D eigenvalue weighted by Gasteiger charge is -2.17. The van der Waals surface area contributed by atoms with Crippen LogP contribution in [0.4, 0.5) is 0 Å². The van der Waals surface area contributed by atoms with Gasteiger partial charge in [-0.05, 0) is 54.2 Å². The van der Waals surface area contributed by atoms with Crippen LogP contribution in [0.3, 0.4) is 0 Å². The molecule has 0 atom stereocenters. The highest BCUT2D eigenvalue weighted by molar-refractivity contribution is 7.93. The number of benzene rings is 2. The average Bonchev–Trinajstić information content (AvgIpc) is 2.61. The van der Waals surface area contributed by atoms with Crippen LogP contribution in [0.15, 0.2) is 58.3 Å². The molecule has 6 nitrogen and oxygen atoms in total. The number of hydrogen-bond donors (Lipinski definition) is 2. The summed E-state index contributed by atoms with van der Waals surface area (Å²) < 4.78 is 50.1. The summed E-state index contributed by atoms with van der Waals surface area (Å²) in [7, 11) is -7.25. The van der Waals surface area contributed by atoms with Crippen LogP contribution < -0.4 is 9.86 Å². The average molecular weight is 393 g/mol. The number of nitrogens with one attached hydrogen (secondary N) is 1. The number of allylic oxidation sites excluding steroid dienone is 1. The van der Waals surface area contributed by atoms with E-state index < -0.39 is 20.0 Å². The smallest absolute Gasteiger partial charge is 0.225 e. The van der Waals surface area contributed by atoms with E-state index in [0.29, 0.717) is 24.2 Å². The molecule has 0 saturated carbocycles. The normalized spacial score (nSPS) is 14.6. The number of sulfonamides is 2. The van der Waals surface area contributed by atoms with Gasteiger partial charge in [0.2, 0.25) is 20.0 Å². The number of fused-ring (bicyclic) bond motifs is 1. The van der Waals surface area contributed by atoms with Crippen molar-refractivity contribution in [2.24, 2.45) is 5.14 Å². The molecule has 0 fully saturated rings. The summed E-state index contributed by atoms with van der Waals surface area (Å²) >= 11 is 0. The lowest BCUT2D eigenvalue weighted by atomic mass is 9.98. The number of nitrogens with two attached hydrogens (primary N) is 1. The molecule has 3 rings (SSSR count). The van der Waals surface area contributed by atoms with Crippen molar-refractivity contribution in [1.29, 1.82) is 0 Å². The van der Waals surface area contributed by atoms with Crippen LogP contribution in [0, 0.1) is 0 Å². The molecule has 0 amide bonds. The molecular weight excluding hydrogens is 372 g/mol. The van der Waals surface area contributed by atoms with Crippen molar-refractivity contribution >= 4 is 26.1 Å². The van der Waals surface area contributed by atoms with Crippen LogP contribution in [-0.4, -0.2) is 23.4 Å². The minimum Gasteiger partial charge on any atom is -0.225 e. The Labute approximate surface area is 153 Å². The molecule has 0 spiro atoms. The molecule has 1 aliphatic rings. The SMILES string of the molecule is NS(=O)(=O)c1ccc(CCNS(=O)(=O)C2=Cc3ccccc3CC2)cc1. The van der Waals surface area contributed by atoms with Gasteiger partial charge in [-0.25, -0.2) is 26.7 Å². The summed E-state index contributed by atoms with van der Waals surface area (Å²) in [5, 5.41) is 5.05. The maximum Gasteiger partial charge on any atom is 0.238 e. The van der Waals surface area contributed by atoms with E-state index in [1.54, 1.807) is 18.2 Å². The summed E-state index contributed by atoms with van der Waals surface area (Å²) in [6.45, 7) is 0.232. The molecular formula is C18H20N2O4S2. The van der Waals surface area contributed by atoms with Crippen molar-refractivity contribution in [3.8, 4) is 0 Å². The second-order valence-corrected chi connectivity index (χ2v) is 9.53. The first-order valence-electron chi connectivity index (χ1n) is 8.16. The molecule has 8 heteroatoms. The third-order valence-electron chi connectivity index (χ3n) is 4.32. The van der Waals surface area contributed by atoms with Crippen molar-refractivity contribution in [3.63, 3.8) is 0 Å². The Kier molecular flexibility index (Phi) is 5.29. The van der Waals surface area contributed by atoms with Gasteiger partial charge >= 0.3 is 0 Å². The monoisotopic (exact) mass is 392 g/mol. The zero-order valence-electron chi connectivity index (χ0n) is 14.1. The molecule has 0 aliphatic heterocycles. The second-order valence-electron chi connectivity index (χ2n) is 6.15. The van der Waals surface area contributed by atoms with Gasteiger partial charge in [0, 0.05) is 6.54 Å². The first-order chi connectivity index (χ1) is 12.3. The zero-order valence-corrected chi connectivity index (χ0v) is 15.7. The van der Waals surface area contributed by atoms with Crippen LogP contribution in [-0.2, 0) is 32.9 Å². The van der Waals surface area contributed by atoms with Crippen molar-refractivity contribution in [3.05, 3.63) is 70.1 Å². The lowest BCUT2D eigenvalue weighted by molar-refractivity contribution is 0.586. The predicted octanol–water partition coefficient (Wildman–Crippen LogP) is 1.78. The van der Waals surface area contributed by atoms with Gasteiger partial charge in [0.05, 0.1) is 9.80 Å². The molecule has 0 aromatic heterocycles. The Balaban J connectivity index is 1.64. The molecule has 3 N–H and O–H groups in total. The largest absolute Gasteiger partial charge is 0.238 e. The summed E-state index contributed by atoms with van der Waals surface area (Å²) in [4.78, 5) is 0.425. The molecule has 26 heavy (non-hydrogen) atoms. The molecule has 1 aliphatic carbocycles. The lowest BCUT2D eigenvalue weighted by Crippen LogP contribution is -2.28. The molecule has 0 radical (unpaired) electrons. The van der Waals surface area contributed by atoms with Gasteiger partial charge in [0.1, 0.15) is 0 Å². The Hall–Kier alpha value is -2.00. The number of rotatable bonds is 6. The van der Waals surface area contributed by atoms with E-state index >= 15 is 0 Å². The van der Waals surface area contributed by atoms with Gasteiger partial charge in [-0.1, -0.05) is 36.4 Å². The van der Waals surface area contributed by atoms with Crippen molar-refractivity contribution in [1.82, 2.24) is 4.72 Å². The van der Waals surface area contributed by atoms with E-state index in [1.165, 1.54) is 12.1 Å². The number of aryl methyl sites for hydroxylation is 1. The molecule has 138 valence electrons. The van der Waals surface area contributed by atoms with Gasteiger partial charge in [-0.2, -0.15) is 0 Å². The highest BCUT2D eigenvalue weighted by Crippen LogP contribution is 2.26. The number of primary sulfonamides is 1. The van der Waals surface area contributed by atoms with Gasteiger partial charge in [-0.15, -0.1) is 0 Å². The first kappa shape index (κ1) is 18.8. The maximum absolute atomic E-state index is 12.5. The Morgan fingerprint density at radius 3 is 2.31 bits per heavy atom. The Bertz CT molecular complexity index is 1040. The van der Waals surface area contributed by atoms with E-state index in [-0.39, 0.29) is 11.4 Å². The Morgan fingerprint density at radius 1 is 0.923 bits per heavy atom. The van der Waals surface area contributed by atoms with E-state index in [1.807, 2.05) is 24.3 Å². The van der Waals surface area contributed by atoms with Crippen LogP contribution in [0.2, 0.25) is 0 Å². The van der Waals surface area contributed by atoms with E-state index in [4.69, 9.17) is 5.14 Å². The quantitative estimate of drug-likeness (QED) is 0.781.